The molecule has 6 heteroatoms. The largest absolute Gasteiger partial charge is 0.422 e. The van der Waals surface area contributed by atoms with Crippen molar-refractivity contribution < 1.29 is 9.21 Å². The number of ketones is 1. The van der Waals surface area contributed by atoms with Gasteiger partial charge in [-0.25, -0.2) is 4.79 Å². The van der Waals surface area contributed by atoms with Crippen LogP contribution in [0.5, 0.6) is 0 Å². The van der Waals surface area contributed by atoms with Crippen molar-refractivity contribution >= 4 is 34.0 Å². The summed E-state index contributed by atoms with van der Waals surface area (Å²) in [4.78, 5) is 30.1. The van der Waals surface area contributed by atoms with Crippen LogP contribution in [0.4, 0.5) is 5.69 Å². The molecule has 1 aliphatic heterocycles. The molecule has 0 N–H and O–H groups in total. The van der Waals surface area contributed by atoms with E-state index in [4.69, 9.17) is 16.0 Å². The molecule has 5 rings (SSSR count). The maximum Gasteiger partial charge on any atom is 0.340 e. The molecule has 0 amide bonds. The molecular formula is C30H29ClN2O3. The predicted octanol–water partition coefficient (Wildman–Crippen LogP) is 5.96. The fraction of sp³-hybridized carbons (Fsp3) is 0.267. The molecule has 0 spiro atoms. The Hall–Kier alpha value is -3.41. The summed E-state index contributed by atoms with van der Waals surface area (Å²) in [7, 11) is 0. The highest BCUT2D eigenvalue weighted by Gasteiger charge is 2.22. The first-order valence-electron chi connectivity index (χ1n) is 12.4. The molecule has 0 aliphatic carbocycles. The monoisotopic (exact) mass is 500 g/mol. The first-order valence-corrected chi connectivity index (χ1v) is 12.8. The molecule has 1 fully saturated rings. The Labute approximate surface area is 215 Å². The molecule has 2 heterocycles. The summed E-state index contributed by atoms with van der Waals surface area (Å²) in [5.41, 5.74) is 4.24. The van der Waals surface area contributed by atoms with Crippen LogP contribution in [0.2, 0.25) is 5.02 Å². The smallest absolute Gasteiger partial charge is 0.340 e. The number of carbonyl (C=O) groups is 1. The molecule has 0 unspecified atom stereocenters. The highest BCUT2D eigenvalue weighted by Crippen LogP contribution is 2.34. The van der Waals surface area contributed by atoms with E-state index in [1.165, 1.54) is 5.69 Å². The molecule has 1 saturated heterocycles. The van der Waals surface area contributed by atoms with Gasteiger partial charge in [-0.3, -0.25) is 9.69 Å². The Morgan fingerprint density at radius 2 is 1.61 bits per heavy atom. The number of carbonyl (C=O) groups excluding carboxylic acids is 1. The summed E-state index contributed by atoms with van der Waals surface area (Å²) in [6.45, 7) is 6.26. The van der Waals surface area contributed by atoms with Gasteiger partial charge >= 0.3 is 5.63 Å². The molecule has 4 aromatic rings. The van der Waals surface area contributed by atoms with Crippen LogP contribution in [-0.4, -0.2) is 36.9 Å². The summed E-state index contributed by atoms with van der Waals surface area (Å²) in [6, 6.07) is 24.0. The molecule has 0 atom stereocenters. The zero-order chi connectivity index (χ0) is 25.1. The number of hydrogen-bond acceptors (Lipinski definition) is 5. The third kappa shape index (κ3) is 5.08. The van der Waals surface area contributed by atoms with Gasteiger partial charge < -0.3 is 9.32 Å². The van der Waals surface area contributed by atoms with Crippen molar-refractivity contribution in [3.8, 4) is 11.1 Å². The standard InChI is InChI=1S/C30H29ClN2O3/c1-2-24(34)18-26-29(21-9-5-3-6-10-21)25-17-22(27(31)19-28(25)36-30(26)35)20-32-13-15-33(16-14-32)23-11-7-4-8-12-23/h3-12,17,19H,2,13-16,18,20H2,1H3. The fourth-order valence-corrected chi connectivity index (χ4v) is 5.10. The van der Waals surface area contributed by atoms with Gasteiger partial charge in [-0.05, 0) is 29.3 Å². The maximum atomic E-state index is 13.0. The molecule has 5 nitrogen and oxygen atoms in total. The van der Waals surface area contributed by atoms with Gasteiger partial charge in [-0.15, -0.1) is 0 Å². The summed E-state index contributed by atoms with van der Waals surface area (Å²) >= 11 is 6.69. The number of Topliss-reactive ketones (excluding diaryl/α,β-unsaturated/α-hetero) is 1. The topological polar surface area (TPSA) is 53.8 Å². The van der Waals surface area contributed by atoms with E-state index < -0.39 is 5.63 Å². The molecule has 0 radical (unpaired) electrons. The Morgan fingerprint density at radius 3 is 2.28 bits per heavy atom. The van der Waals surface area contributed by atoms with E-state index in [1.807, 2.05) is 49.4 Å². The van der Waals surface area contributed by atoms with Crippen LogP contribution in [0.25, 0.3) is 22.1 Å². The van der Waals surface area contributed by atoms with Gasteiger partial charge in [-0.1, -0.05) is 67.1 Å². The molecule has 36 heavy (non-hydrogen) atoms. The van der Waals surface area contributed by atoms with Crippen LogP contribution in [0.1, 0.15) is 24.5 Å². The number of para-hydroxylation sites is 1. The van der Waals surface area contributed by atoms with Gasteiger partial charge in [0.15, 0.2) is 0 Å². The Bertz CT molecular complexity index is 1430. The van der Waals surface area contributed by atoms with Crippen molar-refractivity contribution in [3.05, 3.63) is 99.4 Å². The number of rotatable bonds is 7. The number of benzene rings is 3. The van der Waals surface area contributed by atoms with E-state index in [-0.39, 0.29) is 12.2 Å². The lowest BCUT2D eigenvalue weighted by molar-refractivity contribution is -0.118. The highest BCUT2D eigenvalue weighted by molar-refractivity contribution is 6.32. The third-order valence-corrected chi connectivity index (χ3v) is 7.24. The average molecular weight is 501 g/mol. The number of piperazine rings is 1. The molecule has 1 aromatic heterocycles. The zero-order valence-corrected chi connectivity index (χ0v) is 21.1. The summed E-state index contributed by atoms with van der Waals surface area (Å²) in [5.74, 6) is 0.00399. The van der Waals surface area contributed by atoms with E-state index in [0.29, 0.717) is 29.1 Å². The third-order valence-electron chi connectivity index (χ3n) is 6.89. The van der Waals surface area contributed by atoms with Crippen LogP contribution >= 0.6 is 11.6 Å². The average Bonchev–Trinajstić information content (AvgIpc) is 2.91. The van der Waals surface area contributed by atoms with Crippen molar-refractivity contribution in [1.82, 2.24) is 4.90 Å². The van der Waals surface area contributed by atoms with E-state index >= 15 is 0 Å². The second kappa shape index (κ2) is 10.7. The van der Waals surface area contributed by atoms with Gasteiger partial charge in [0.05, 0.1) is 5.56 Å². The fourth-order valence-electron chi connectivity index (χ4n) is 4.89. The van der Waals surface area contributed by atoms with Crippen LogP contribution in [0.3, 0.4) is 0 Å². The number of fused-ring (bicyclic) bond motifs is 1. The van der Waals surface area contributed by atoms with Crippen molar-refractivity contribution in [1.29, 1.82) is 0 Å². The van der Waals surface area contributed by atoms with E-state index in [9.17, 15) is 9.59 Å². The summed E-state index contributed by atoms with van der Waals surface area (Å²) in [5, 5.41) is 1.38. The first kappa shape index (κ1) is 24.3. The molecule has 1 aliphatic rings. The van der Waals surface area contributed by atoms with E-state index in [0.717, 1.165) is 48.3 Å². The minimum absolute atomic E-state index is 0.00399. The molecule has 0 bridgehead atoms. The van der Waals surface area contributed by atoms with E-state index in [1.54, 1.807) is 6.07 Å². The van der Waals surface area contributed by atoms with Gasteiger partial charge in [0.2, 0.25) is 0 Å². The van der Waals surface area contributed by atoms with Crippen molar-refractivity contribution in [2.45, 2.75) is 26.3 Å². The maximum absolute atomic E-state index is 13.0. The Morgan fingerprint density at radius 1 is 0.944 bits per heavy atom. The SMILES string of the molecule is CCC(=O)Cc1c(-c2ccccc2)c2cc(CN3CCN(c4ccccc4)CC3)c(Cl)cc2oc1=O. The lowest BCUT2D eigenvalue weighted by Crippen LogP contribution is -2.46. The van der Waals surface area contributed by atoms with E-state index in [2.05, 4.69) is 34.1 Å². The first-order chi connectivity index (χ1) is 17.5. The zero-order valence-electron chi connectivity index (χ0n) is 20.4. The van der Waals surface area contributed by atoms with Gasteiger partial charge in [-0.2, -0.15) is 0 Å². The Balaban J connectivity index is 1.49. The number of anilines is 1. The lowest BCUT2D eigenvalue weighted by atomic mass is 9.93. The number of nitrogens with zero attached hydrogens (tertiary/aromatic N) is 2. The predicted molar refractivity (Wildman–Crippen MR) is 146 cm³/mol. The Kier molecular flexibility index (Phi) is 7.21. The minimum Gasteiger partial charge on any atom is -0.422 e. The van der Waals surface area contributed by atoms with Crippen LogP contribution in [0, 0.1) is 0 Å². The molecule has 0 saturated carbocycles. The van der Waals surface area contributed by atoms with Crippen molar-refractivity contribution in [2.24, 2.45) is 0 Å². The highest BCUT2D eigenvalue weighted by atomic mass is 35.5. The second-order valence-electron chi connectivity index (χ2n) is 9.22. The van der Waals surface area contributed by atoms with Crippen LogP contribution in [-0.2, 0) is 17.8 Å². The number of hydrogen-bond donors (Lipinski definition) is 0. The van der Waals surface area contributed by atoms with Gasteiger partial charge in [0.1, 0.15) is 11.4 Å². The minimum atomic E-state index is -0.482. The van der Waals surface area contributed by atoms with Crippen molar-refractivity contribution in [3.63, 3.8) is 0 Å². The quantitative estimate of drug-likeness (QED) is 0.293. The molecular weight excluding hydrogens is 472 g/mol. The molecule has 3 aromatic carbocycles. The summed E-state index contributed by atoms with van der Waals surface area (Å²) in [6.07, 6.45) is 0.422. The van der Waals surface area contributed by atoms with Crippen LogP contribution in [0.15, 0.2) is 82.0 Å². The number of halogens is 1. The molecule has 184 valence electrons. The van der Waals surface area contributed by atoms with Gasteiger partial charge in [0, 0.05) is 73.3 Å². The van der Waals surface area contributed by atoms with Crippen molar-refractivity contribution in [2.75, 3.05) is 31.1 Å². The normalized spacial score (nSPS) is 14.3. The second-order valence-corrected chi connectivity index (χ2v) is 9.62. The lowest BCUT2D eigenvalue weighted by Gasteiger charge is -2.36. The summed E-state index contributed by atoms with van der Waals surface area (Å²) < 4.78 is 5.68. The van der Waals surface area contributed by atoms with Gasteiger partial charge in [0.25, 0.3) is 0 Å². The van der Waals surface area contributed by atoms with Crippen LogP contribution < -0.4 is 10.5 Å².